The lowest BCUT2D eigenvalue weighted by Gasteiger charge is -2.18. The lowest BCUT2D eigenvalue weighted by molar-refractivity contribution is -0.136. The van der Waals surface area contributed by atoms with Crippen molar-refractivity contribution < 1.29 is 23.8 Å². The van der Waals surface area contributed by atoms with Gasteiger partial charge in [-0.15, -0.1) is 0 Å². The van der Waals surface area contributed by atoms with Crippen LogP contribution >= 0.6 is 0 Å². The number of esters is 1. The van der Waals surface area contributed by atoms with E-state index in [1.54, 1.807) is 32.1 Å². The molecule has 0 saturated heterocycles. The van der Waals surface area contributed by atoms with Crippen LogP contribution in [0.25, 0.3) is 11.8 Å². The second-order valence-corrected chi connectivity index (χ2v) is 9.09. The average Bonchev–Trinajstić information content (AvgIpc) is 3.30. The standard InChI is InChI=1S/C30H32N2O5/c1-18-8-13-27(36-6)26(14-18)32-19(2)15-23(20(32)3)16-25-28(30(34)37-7)21(4)31(29(25)33)17-22-9-11-24(35-5)12-10-22/h8-16H,17H2,1-7H3/b25-16-. The van der Waals surface area contributed by atoms with Crippen LogP contribution in [0, 0.1) is 20.8 Å². The molecule has 1 aliphatic rings. The predicted molar refractivity (Wildman–Crippen MR) is 143 cm³/mol. The molecule has 0 N–H and O–H groups in total. The molecule has 0 unspecified atom stereocenters. The summed E-state index contributed by atoms with van der Waals surface area (Å²) < 4.78 is 18.0. The molecular formula is C30H32N2O5. The Kier molecular flexibility index (Phi) is 7.25. The fraction of sp³-hybridized carbons (Fsp3) is 0.267. The number of rotatable bonds is 7. The minimum Gasteiger partial charge on any atom is -0.497 e. The molecule has 7 heteroatoms. The van der Waals surface area contributed by atoms with E-state index in [0.29, 0.717) is 17.8 Å². The number of carbonyl (C=O) groups excluding carboxylic acids is 2. The third-order valence-corrected chi connectivity index (χ3v) is 6.75. The summed E-state index contributed by atoms with van der Waals surface area (Å²) in [5.74, 6) is 0.704. The third kappa shape index (κ3) is 4.77. The zero-order valence-corrected chi connectivity index (χ0v) is 22.3. The molecule has 0 atom stereocenters. The van der Waals surface area contributed by atoms with E-state index in [-0.39, 0.29) is 11.5 Å². The monoisotopic (exact) mass is 500 g/mol. The van der Waals surface area contributed by atoms with Crippen molar-refractivity contribution in [2.24, 2.45) is 0 Å². The number of amides is 1. The quantitative estimate of drug-likeness (QED) is 0.326. The van der Waals surface area contributed by atoms with Crippen molar-refractivity contribution in [2.45, 2.75) is 34.2 Å². The molecule has 2 heterocycles. The fourth-order valence-electron chi connectivity index (χ4n) is 4.77. The van der Waals surface area contributed by atoms with E-state index < -0.39 is 5.97 Å². The number of hydrogen-bond acceptors (Lipinski definition) is 5. The summed E-state index contributed by atoms with van der Waals surface area (Å²) in [6.45, 7) is 8.13. The van der Waals surface area contributed by atoms with Crippen LogP contribution in [0.4, 0.5) is 0 Å². The number of ether oxygens (including phenoxy) is 3. The maximum absolute atomic E-state index is 13.7. The van der Waals surface area contributed by atoms with Gasteiger partial charge in [0, 0.05) is 17.1 Å². The summed E-state index contributed by atoms with van der Waals surface area (Å²) in [6.07, 6.45) is 1.78. The maximum Gasteiger partial charge on any atom is 0.340 e. The van der Waals surface area contributed by atoms with E-state index in [2.05, 4.69) is 10.6 Å². The number of allylic oxidation sites excluding steroid dienone is 1. The Morgan fingerprint density at radius 1 is 0.919 bits per heavy atom. The minimum absolute atomic E-state index is 0.244. The van der Waals surface area contributed by atoms with Crippen LogP contribution in [0.1, 0.15) is 35.0 Å². The minimum atomic E-state index is -0.538. The van der Waals surface area contributed by atoms with Crippen LogP contribution in [-0.2, 0) is 20.9 Å². The first-order valence-corrected chi connectivity index (χ1v) is 12.0. The second-order valence-electron chi connectivity index (χ2n) is 9.09. The maximum atomic E-state index is 13.7. The second kappa shape index (κ2) is 10.4. The number of benzene rings is 2. The molecular weight excluding hydrogens is 468 g/mol. The molecule has 0 bridgehead atoms. The number of aryl methyl sites for hydroxylation is 2. The Hall–Kier alpha value is -4.26. The Morgan fingerprint density at radius 3 is 2.24 bits per heavy atom. The lowest BCUT2D eigenvalue weighted by Crippen LogP contribution is -2.24. The van der Waals surface area contributed by atoms with Crippen molar-refractivity contribution in [2.75, 3.05) is 21.3 Å². The summed E-state index contributed by atoms with van der Waals surface area (Å²) in [4.78, 5) is 28.1. The molecule has 2 aromatic carbocycles. The molecule has 1 aliphatic heterocycles. The topological polar surface area (TPSA) is 70.0 Å². The lowest BCUT2D eigenvalue weighted by atomic mass is 10.0. The smallest absolute Gasteiger partial charge is 0.340 e. The Morgan fingerprint density at radius 2 is 1.62 bits per heavy atom. The molecule has 192 valence electrons. The van der Waals surface area contributed by atoms with Gasteiger partial charge in [0.1, 0.15) is 11.5 Å². The summed E-state index contributed by atoms with van der Waals surface area (Å²) in [5.41, 5.74) is 6.84. The zero-order valence-electron chi connectivity index (χ0n) is 22.3. The highest BCUT2D eigenvalue weighted by atomic mass is 16.5. The van der Waals surface area contributed by atoms with Gasteiger partial charge >= 0.3 is 5.97 Å². The number of aromatic nitrogens is 1. The number of hydrogen-bond donors (Lipinski definition) is 0. The van der Waals surface area contributed by atoms with Crippen molar-refractivity contribution >= 4 is 18.0 Å². The Labute approximate surface area is 217 Å². The summed E-state index contributed by atoms with van der Waals surface area (Å²) in [6, 6.07) is 15.5. The molecule has 0 fully saturated rings. The molecule has 1 amide bonds. The van der Waals surface area contributed by atoms with E-state index in [9.17, 15) is 9.59 Å². The molecule has 0 radical (unpaired) electrons. The van der Waals surface area contributed by atoms with Crippen molar-refractivity contribution in [3.8, 4) is 17.2 Å². The fourth-order valence-corrected chi connectivity index (χ4v) is 4.77. The van der Waals surface area contributed by atoms with Gasteiger partial charge in [0.2, 0.25) is 0 Å². The Bertz CT molecular complexity index is 1430. The van der Waals surface area contributed by atoms with E-state index in [1.165, 1.54) is 7.11 Å². The zero-order chi connectivity index (χ0) is 26.9. The highest BCUT2D eigenvalue weighted by Gasteiger charge is 2.37. The molecule has 4 rings (SSSR count). The summed E-state index contributed by atoms with van der Waals surface area (Å²) >= 11 is 0. The molecule has 37 heavy (non-hydrogen) atoms. The van der Waals surface area contributed by atoms with Gasteiger partial charge in [0.05, 0.1) is 44.7 Å². The first-order chi connectivity index (χ1) is 17.7. The van der Waals surface area contributed by atoms with E-state index in [1.807, 2.05) is 63.2 Å². The first-order valence-electron chi connectivity index (χ1n) is 12.0. The van der Waals surface area contributed by atoms with E-state index >= 15 is 0 Å². The Balaban J connectivity index is 1.78. The molecule has 0 saturated carbocycles. The SMILES string of the molecule is COC(=O)C1=C(C)N(Cc2ccc(OC)cc2)C(=O)/C1=C\c1cc(C)n(-c2cc(C)ccc2OC)c1C. The van der Waals surface area contributed by atoms with Gasteiger partial charge in [0.25, 0.3) is 5.91 Å². The van der Waals surface area contributed by atoms with Gasteiger partial charge < -0.3 is 23.7 Å². The van der Waals surface area contributed by atoms with E-state index in [4.69, 9.17) is 14.2 Å². The molecule has 0 aliphatic carbocycles. The predicted octanol–water partition coefficient (Wildman–Crippen LogP) is 5.29. The van der Waals surface area contributed by atoms with Crippen LogP contribution in [0.3, 0.4) is 0 Å². The van der Waals surface area contributed by atoms with Gasteiger partial charge in [-0.3, -0.25) is 4.79 Å². The van der Waals surface area contributed by atoms with Crippen LogP contribution in [0.2, 0.25) is 0 Å². The highest BCUT2D eigenvalue weighted by Crippen LogP contribution is 2.35. The van der Waals surface area contributed by atoms with Crippen LogP contribution in [0.15, 0.2) is 65.4 Å². The van der Waals surface area contributed by atoms with Gasteiger partial charge in [0.15, 0.2) is 0 Å². The third-order valence-electron chi connectivity index (χ3n) is 6.75. The number of methoxy groups -OCH3 is 3. The number of nitrogens with zero attached hydrogens (tertiary/aromatic N) is 2. The molecule has 0 spiro atoms. The number of carbonyl (C=O) groups is 2. The average molecular weight is 501 g/mol. The van der Waals surface area contributed by atoms with Gasteiger partial charge in [-0.1, -0.05) is 18.2 Å². The summed E-state index contributed by atoms with van der Waals surface area (Å²) in [5, 5.41) is 0. The van der Waals surface area contributed by atoms with Crippen molar-refractivity contribution in [3.63, 3.8) is 0 Å². The first kappa shape index (κ1) is 25.8. The normalized spacial score (nSPS) is 14.5. The van der Waals surface area contributed by atoms with Gasteiger partial charge in [-0.05, 0) is 80.8 Å². The molecule has 7 nitrogen and oxygen atoms in total. The van der Waals surface area contributed by atoms with Crippen LogP contribution in [0.5, 0.6) is 11.5 Å². The van der Waals surface area contributed by atoms with Crippen molar-refractivity contribution in [1.82, 2.24) is 9.47 Å². The van der Waals surface area contributed by atoms with Crippen LogP contribution < -0.4 is 9.47 Å². The molecule has 1 aromatic heterocycles. The van der Waals surface area contributed by atoms with Crippen LogP contribution in [-0.4, -0.2) is 42.7 Å². The van der Waals surface area contributed by atoms with Crippen molar-refractivity contribution in [3.05, 3.63) is 93.5 Å². The largest absolute Gasteiger partial charge is 0.497 e. The van der Waals surface area contributed by atoms with Gasteiger partial charge in [-0.25, -0.2) is 4.79 Å². The highest BCUT2D eigenvalue weighted by molar-refractivity contribution is 6.16. The summed E-state index contributed by atoms with van der Waals surface area (Å²) in [7, 11) is 4.58. The van der Waals surface area contributed by atoms with Gasteiger partial charge in [-0.2, -0.15) is 0 Å². The van der Waals surface area contributed by atoms with E-state index in [0.717, 1.165) is 45.3 Å². The molecule has 3 aromatic rings. The van der Waals surface area contributed by atoms with Crippen molar-refractivity contribution in [1.29, 1.82) is 0 Å².